The van der Waals surface area contributed by atoms with Crippen LogP contribution in [0.3, 0.4) is 0 Å². The summed E-state index contributed by atoms with van der Waals surface area (Å²) in [5.41, 5.74) is 7.72. The predicted molar refractivity (Wildman–Crippen MR) is 213 cm³/mol. The number of hydrogen-bond donors (Lipinski definition) is 6. The minimum Gasteiger partial charge on any atom is -0.481 e. The average molecular weight is 849 g/mol. The third kappa shape index (κ3) is 11.7. The third-order valence-electron chi connectivity index (χ3n) is 7.48. The Labute approximate surface area is 339 Å². The second-order valence-electron chi connectivity index (χ2n) is 11.6. The number of aromatic nitrogens is 8. The highest BCUT2D eigenvalue weighted by atomic mass is 32.2. The molecule has 0 atom stereocenters. The first-order valence-corrected chi connectivity index (χ1v) is 20.6. The molecular weight excluding hydrogens is 817 g/mol. The van der Waals surface area contributed by atoms with Gasteiger partial charge in [-0.2, -0.15) is 0 Å². The first-order valence-electron chi connectivity index (χ1n) is 16.8. The highest BCUT2D eigenvalue weighted by Crippen LogP contribution is 2.28. The first-order chi connectivity index (χ1) is 27.6. The number of anilines is 2. The number of aliphatic carboxylic acids is 2. The van der Waals surface area contributed by atoms with E-state index >= 15 is 0 Å². The summed E-state index contributed by atoms with van der Waals surface area (Å²) in [5, 5.41) is 46.1. The fourth-order valence-electron chi connectivity index (χ4n) is 4.80. The second kappa shape index (κ2) is 19.6. The van der Waals surface area contributed by atoms with Crippen molar-refractivity contribution in [3.63, 3.8) is 0 Å². The van der Waals surface area contributed by atoms with Crippen molar-refractivity contribution in [1.29, 1.82) is 0 Å². The van der Waals surface area contributed by atoms with E-state index in [1.165, 1.54) is 44.2 Å². The normalized spacial score (nSPS) is 10.9. The van der Waals surface area contributed by atoms with Gasteiger partial charge in [-0.05, 0) is 24.3 Å². The van der Waals surface area contributed by atoms with E-state index in [4.69, 9.17) is 10.2 Å². The Balaban J connectivity index is 1.18. The van der Waals surface area contributed by atoms with Gasteiger partial charge in [-0.3, -0.25) is 34.8 Å². The van der Waals surface area contributed by atoms with Gasteiger partial charge in [0.1, 0.15) is 0 Å². The number of thiazole rings is 2. The Hall–Kier alpha value is -6.17. The number of nitrogens with zero attached hydrogens (tertiary/aromatic N) is 8. The van der Waals surface area contributed by atoms with E-state index in [0.29, 0.717) is 49.6 Å². The molecule has 23 heteroatoms. The number of nitrogens with one attached hydrogen (secondary N) is 4. The van der Waals surface area contributed by atoms with E-state index in [9.17, 15) is 24.0 Å². The number of carbonyl (C=O) groups is 5. The summed E-state index contributed by atoms with van der Waals surface area (Å²) in [6, 6.07) is 17.3. The van der Waals surface area contributed by atoms with Crippen molar-refractivity contribution in [3.8, 4) is 0 Å². The zero-order valence-corrected chi connectivity index (χ0v) is 32.8. The smallest absolute Gasteiger partial charge is 0.305 e. The van der Waals surface area contributed by atoms with E-state index in [1.807, 2.05) is 5.38 Å². The lowest BCUT2D eigenvalue weighted by Gasteiger charge is -2.12. The van der Waals surface area contributed by atoms with Crippen LogP contribution in [0.5, 0.6) is 0 Å². The van der Waals surface area contributed by atoms with Crippen LogP contribution in [0.2, 0.25) is 0 Å². The van der Waals surface area contributed by atoms with E-state index in [-0.39, 0.29) is 48.9 Å². The molecule has 6 aromatic rings. The van der Waals surface area contributed by atoms with Crippen LogP contribution in [-0.2, 0) is 27.2 Å². The van der Waals surface area contributed by atoms with Crippen LogP contribution in [0.4, 0.5) is 10.3 Å². The van der Waals surface area contributed by atoms with Gasteiger partial charge in [-0.25, -0.2) is 19.3 Å². The number of carbonyl (C=O) groups excluding carboxylic acids is 3. The molecule has 0 radical (unpaired) electrons. The Bertz CT molecular complexity index is 2350. The fraction of sp³-hybridized carbons (Fsp3) is 0.206. The fourth-order valence-corrected chi connectivity index (χ4v) is 8.11. The van der Waals surface area contributed by atoms with E-state index in [1.54, 1.807) is 66.0 Å². The van der Waals surface area contributed by atoms with Crippen LogP contribution in [0.25, 0.3) is 0 Å². The standard InChI is InChI=1S/C34H32N12O7S4/c47-26(11-12-27(48)49)38-32-37-23(18-55-32)16-25-40-42-34(46(25)44-30(53)21-9-5-2-6-10-21)57-19-56-33-41-39-24(45(33)43-29(52)20-7-3-1-4-8-20)15-22-17-54-31(36-22)35-14-13-28(50)51/h1-10,17-18H,11-16,19H2,(H,35,36)(H,43,52)(H,44,53)(H,48,49)(H,50,51)(H,37,38,47). The third-order valence-corrected chi connectivity index (χ3v) is 11.1. The molecule has 0 fully saturated rings. The molecule has 0 saturated heterocycles. The molecule has 294 valence electrons. The maximum absolute atomic E-state index is 13.3. The van der Waals surface area contributed by atoms with Crippen LogP contribution >= 0.6 is 46.2 Å². The van der Waals surface area contributed by atoms with Gasteiger partial charge in [0.25, 0.3) is 11.8 Å². The molecule has 6 rings (SSSR count). The van der Waals surface area contributed by atoms with Crippen molar-refractivity contribution in [2.45, 2.75) is 42.4 Å². The summed E-state index contributed by atoms with van der Waals surface area (Å²) in [6.45, 7) is 0.221. The van der Waals surface area contributed by atoms with E-state index in [2.05, 4.69) is 51.8 Å². The van der Waals surface area contributed by atoms with Gasteiger partial charge in [0.2, 0.25) is 16.2 Å². The first kappa shape index (κ1) is 40.5. The van der Waals surface area contributed by atoms with Gasteiger partial charge >= 0.3 is 11.9 Å². The summed E-state index contributed by atoms with van der Waals surface area (Å²) in [5.74, 6) is -2.54. The van der Waals surface area contributed by atoms with Crippen molar-refractivity contribution in [2.24, 2.45) is 0 Å². The SMILES string of the molecule is O=C(O)CCNc1nc(Cc2nnc(SCSc3nnc(Cc4csc(NC(=O)CCC(=O)O)n4)n3NC(=O)c3ccccc3)n2NC(=O)c2ccccc2)cs1. The van der Waals surface area contributed by atoms with Crippen molar-refractivity contribution in [2.75, 3.05) is 33.1 Å². The molecule has 0 aliphatic heterocycles. The lowest BCUT2D eigenvalue weighted by molar-refractivity contribution is -0.138. The van der Waals surface area contributed by atoms with Crippen molar-refractivity contribution < 1.29 is 34.2 Å². The molecule has 0 spiro atoms. The Morgan fingerprint density at radius 2 is 1.12 bits per heavy atom. The lowest BCUT2D eigenvalue weighted by atomic mass is 10.2. The molecule has 2 aromatic carbocycles. The molecule has 19 nitrogen and oxygen atoms in total. The lowest BCUT2D eigenvalue weighted by Crippen LogP contribution is -2.26. The van der Waals surface area contributed by atoms with Crippen molar-refractivity contribution in [1.82, 2.24) is 39.7 Å². The summed E-state index contributed by atoms with van der Waals surface area (Å²) in [7, 11) is 0. The number of thioether (sulfide) groups is 2. The van der Waals surface area contributed by atoms with Gasteiger partial charge in [0, 0.05) is 34.9 Å². The van der Waals surface area contributed by atoms with Crippen LogP contribution in [0.15, 0.2) is 81.7 Å². The molecule has 0 saturated carbocycles. The number of benzene rings is 2. The van der Waals surface area contributed by atoms with Crippen LogP contribution in [0.1, 0.15) is 63.0 Å². The Kier molecular flexibility index (Phi) is 13.9. The quantitative estimate of drug-likeness (QED) is 0.0463. The van der Waals surface area contributed by atoms with Crippen molar-refractivity contribution >= 4 is 86.1 Å². The number of carboxylic acid groups (broad SMARTS) is 2. The number of rotatable bonds is 20. The van der Waals surface area contributed by atoms with Gasteiger partial charge in [0.15, 0.2) is 21.9 Å². The second-order valence-corrected chi connectivity index (χ2v) is 15.6. The summed E-state index contributed by atoms with van der Waals surface area (Å²) in [4.78, 5) is 69.4. The van der Waals surface area contributed by atoms with Gasteiger partial charge in [-0.1, -0.05) is 59.9 Å². The Morgan fingerprint density at radius 1 is 0.632 bits per heavy atom. The van der Waals surface area contributed by atoms with Crippen molar-refractivity contribution in [3.05, 3.63) is 106 Å². The topological polar surface area (TPSA) is 261 Å². The zero-order valence-electron chi connectivity index (χ0n) is 29.5. The largest absolute Gasteiger partial charge is 0.481 e. The van der Waals surface area contributed by atoms with Crippen LogP contribution in [0, 0.1) is 0 Å². The maximum atomic E-state index is 13.3. The zero-order chi connectivity index (χ0) is 40.1. The molecule has 0 bridgehead atoms. The minimum atomic E-state index is -1.08. The molecule has 3 amide bonds. The summed E-state index contributed by atoms with van der Waals surface area (Å²) in [6.07, 6.45) is -0.217. The summed E-state index contributed by atoms with van der Waals surface area (Å²) < 4.78 is 2.95. The van der Waals surface area contributed by atoms with Gasteiger partial charge in [0.05, 0.1) is 42.2 Å². The molecule has 6 N–H and O–H groups in total. The highest BCUT2D eigenvalue weighted by Gasteiger charge is 2.21. The number of carboxylic acids is 2. The van der Waals surface area contributed by atoms with Gasteiger partial charge in [-0.15, -0.1) is 43.1 Å². The number of hydrogen-bond acceptors (Lipinski definition) is 16. The van der Waals surface area contributed by atoms with Crippen LogP contribution < -0.4 is 21.5 Å². The maximum Gasteiger partial charge on any atom is 0.305 e. The molecule has 0 unspecified atom stereocenters. The molecule has 57 heavy (non-hydrogen) atoms. The predicted octanol–water partition coefficient (Wildman–Crippen LogP) is 4.26. The monoisotopic (exact) mass is 848 g/mol. The number of amides is 3. The van der Waals surface area contributed by atoms with E-state index < -0.39 is 29.7 Å². The van der Waals surface area contributed by atoms with E-state index in [0.717, 1.165) is 11.3 Å². The Morgan fingerprint density at radius 3 is 1.63 bits per heavy atom. The summed E-state index contributed by atoms with van der Waals surface area (Å²) >= 11 is 4.97. The van der Waals surface area contributed by atoms with Gasteiger partial charge < -0.3 is 20.8 Å². The molecule has 4 aromatic heterocycles. The molecule has 4 heterocycles. The molecule has 0 aliphatic carbocycles. The highest BCUT2D eigenvalue weighted by molar-refractivity contribution is 8.15. The molecule has 0 aliphatic rings. The molecular formula is C34H32N12O7S4. The average Bonchev–Trinajstić information content (AvgIpc) is 4.01. The van der Waals surface area contributed by atoms with Crippen LogP contribution in [-0.4, -0.2) is 91.2 Å². The minimum absolute atomic E-state index is 0.0588.